The summed E-state index contributed by atoms with van der Waals surface area (Å²) in [5.41, 5.74) is -0.458. The number of nitro benzene ring substituents is 1. The Kier molecular flexibility index (Phi) is 6.72. The molecule has 0 atom stereocenters. The first-order chi connectivity index (χ1) is 15.1. The average Bonchev–Trinajstić information content (AvgIpc) is 2.75. The van der Waals surface area contributed by atoms with Crippen LogP contribution in [-0.2, 0) is 26.2 Å². The maximum Gasteiger partial charge on any atom is 0.321 e. The normalized spacial score (nSPS) is 11.3. The number of nitrogens with one attached hydrogen (secondary N) is 3. The molecule has 0 fully saturated rings. The van der Waals surface area contributed by atoms with Crippen molar-refractivity contribution in [2.45, 2.75) is 11.5 Å². The first kappa shape index (κ1) is 23.1. The molecule has 1 heterocycles. The summed E-state index contributed by atoms with van der Waals surface area (Å²) in [7, 11) is -2.78. The highest BCUT2D eigenvalue weighted by Gasteiger charge is 2.22. The van der Waals surface area contributed by atoms with Gasteiger partial charge < -0.3 is 15.0 Å². The number of fused-ring (bicyclic) bond motifs is 1. The van der Waals surface area contributed by atoms with E-state index < -0.39 is 50.2 Å². The Labute approximate surface area is 185 Å². The van der Waals surface area contributed by atoms with Gasteiger partial charge in [-0.1, -0.05) is 11.6 Å². The Balaban J connectivity index is 1.66. The summed E-state index contributed by atoms with van der Waals surface area (Å²) in [6, 6.07) is 7.77. The lowest BCUT2D eigenvalue weighted by atomic mass is 10.2. The highest BCUT2D eigenvalue weighted by atomic mass is 35.5. The number of hydrogen-bond acceptors (Lipinski definition) is 9. The Bertz CT molecular complexity index is 1370. The number of hydrogen-bond donors (Lipinski definition) is 3. The molecule has 3 aromatic rings. The third-order valence-corrected chi connectivity index (χ3v) is 5.87. The highest BCUT2D eigenvalue weighted by molar-refractivity contribution is 7.89. The molecular weight excluding hydrogens is 466 g/mol. The topological polar surface area (TPSA) is 173 Å². The lowest BCUT2D eigenvalue weighted by Crippen LogP contribution is -2.31. The Morgan fingerprint density at radius 1 is 1.28 bits per heavy atom. The van der Waals surface area contributed by atoms with Crippen LogP contribution in [0.2, 0.25) is 5.02 Å². The number of carbonyl (C=O) groups excluding carboxylic acids is 1. The third kappa shape index (κ3) is 5.19. The Morgan fingerprint density at radius 2 is 2.03 bits per heavy atom. The molecule has 0 amide bonds. The fourth-order valence-electron chi connectivity index (χ4n) is 2.71. The molecular formula is C18H16ClN5O7S. The smallest absolute Gasteiger partial charge is 0.321 e. The monoisotopic (exact) mass is 481 g/mol. The van der Waals surface area contributed by atoms with Gasteiger partial charge >= 0.3 is 5.97 Å². The third-order valence-electron chi connectivity index (χ3n) is 4.24. The lowest BCUT2D eigenvalue weighted by Gasteiger charge is -2.09. The van der Waals surface area contributed by atoms with Crippen molar-refractivity contribution in [3.63, 3.8) is 0 Å². The van der Waals surface area contributed by atoms with Crippen LogP contribution in [0.15, 0.2) is 46.1 Å². The highest BCUT2D eigenvalue weighted by Crippen LogP contribution is 2.27. The van der Waals surface area contributed by atoms with E-state index in [1.165, 1.54) is 31.3 Å². The molecule has 0 aliphatic rings. The van der Waals surface area contributed by atoms with Crippen LogP contribution < -0.4 is 15.6 Å². The Hall–Kier alpha value is -3.55. The summed E-state index contributed by atoms with van der Waals surface area (Å²) >= 11 is 5.89. The molecule has 0 bridgehead atoms. The predicted molar refractivity (Wildman–Crippen MR) is 115 cm³/mol. The number of nitrogens with zero attached hydrogens (tertiary/aromatic N) is 2. The van der Waals surface area contributed by atoms with Gasteiger partial charge in [-0.15, -0.1) is 0 Å². The second kappa shape index (κ2) is 9.30. The van der Waals surface area contributed by atoms with Crippen LogP contribution in [-0.4, -0.2) is 42.9 Å². The molecule has 1 aromatic heterocycles. The zero-order chi connectivity index (χ0) is 23.5. The van der Waals surface area contributed by atoms with Crippen LogP contribution in [0.1, 0.15) is 5.82 Å². The molecule has 32 heavy (non-hydrogen) atoms. The summed E-state index contributed by atoms with van der Waals surface area (Å²) in [5, 5.41) is 14.4. The number of aromatic amines is 1. The first-order valence-electron chi connectivity index (χ1n) is 8.90. The maximum atomic E-state index is 12.4. The van der Waals surface area contributed by atoms with Crippen molar-refractivity contribution in [1.82, 2.24) is 14.7 Å². The minimum atomic E-state index is -4.23. The molecule has 0 saturated heterocycles. The fourth-order valence-corrected chi connectivity index (χ4v) is 3.86. The van der Waals surface area contributed by atoms with Crippen LogP contribution in [0.4, 0.5) is 11.4 Å². The first-order valence-corrected chi connectivity index (χ1v) is 10.8. The zero-order valence-electron chi connectivity index (χ0n) is 16.4. The molecule has 0 saturated carbocycles. The number of benzene rings is 2. The number of rotatable bonds is 8. The number of nitro groups is 1. The number of carbonyl (C=O) groups is 1. The minimum Gasteiger partial charge on any atom is -0.457 e. The zero-order valence-corrected chi connectivity index (χ0v) is 18.0. The van der Waals surface area contributed by atoms with Crippen LogP contribution in [0.5, 0.6) is 0 Å². The van der Waals surface area contributed by atoms with E-state index in [0.29, 0.717) is 15.9 Å². The average molecular weight is 482 g/mol. The van der Waals surface area contributed by atoms with E-state index in [1.807, 2.05) is 4.72 Å². The number of esters is 1. The molecule has 3 N–H and O–H groups in total. The van der Waals surface area contributed by atoms with Crippen molar-refractivity contribution < 1.29 is 22.9 Å². The van der Waals surface area contributed by atoms with Crippen molar-refractivity contribution in [1.29, 1.82) is 0 Å². The van der Waals surface area contributed by atoms with Gasteiger partial charge in [-0.3, -0.25) is 19.7 Å². The van der Waals surface area contributed by atoms with Gasteiger partial charge in [0.15, 0.2) is 0 Å². The van der Waals surface area contributed by atoms with E-state index in [0.717, 1.165) is 12.1 Å². The molecule has 0 spiro atoms. The van der Waals surface area contributed by atoms with Gasteiger partial charge in [0.25, 0.3) is 11.2 Å². The molecule has 0 aliphatic carbocycles. The van der Waals surface area contributed by atoms with Gasteiger partial charge in [0.2, 0.25) is 10.0 Å². The van der Waals surface area contributed by atoms with Crippen LogP contribution in [0, 0.1) is 10.1 Å². The number of H-pyrrole nitrogens is 1. The van der Waals surface area contributed by atoms with E-state index in [1.54, 1.807) is 0 Å². The van der Waals surface area contributed by atoms with Crippen LogP contribution in [0.25, 0.3) is 10.9 Å². The quantitative estimate of drug-likeness (QED) is 0.245. The summed E-state index contributed by atoms with van der Waals surface area (Å²) in [5.74, 6) is -0.914. The number of anilines is 1. The number of aromatic nitrogens is 2. The van der Waals surface area contributed by atoms with Crippen molar-refractivity contribution >= 4 is 49.9 Å². The predicted octanol–water partition coefficient (Wildman–Crippen LogP) is 1.55. The van der Waals surface area contributed by atoms with Crippen molar-refractivity contribution in [2.75, 3.05) is 18.9 Å². The number of sulfonamides is 1. The van der Waals surface area contributed by atoms with E-state index in [4.69, 9.17) is 16.3 Å². The van der Waals surface area contributed by atoms with E-state index in [-0.39, 0.29) is 11.5 Å². The summed E-state index contributed by atoms with van der Waals surface area (Å²) in [6.45, 7) is -1.16. The number of halogens is 1. The molecule has 168 valence electrons. The second-order valence-corrected chi connectivity index (χ2v) is 8.55. The lowest BCUT2D eigenvalue weighted by molar-refractivity contribution is -0.384. The van der Waals surface area contributed by atoms with Gasteiger partial charge in [-0.2, -0.15) is 4.72 Å². The minimum absolute atomic E-state index is 0.0410. The molecule has 0 unspecified atom stereocenters. The van der Waals surface area contributed by atoms with Gasteiger partial charge in [0, 0.05) is 18.1 Å². The summed E-state index contributed by atoms with van der Waals surface area (Å²) < 4.78 is 31.7. The van der Waals surface area contributed by atoms with Gasteiger partial charge in [-0.05, 0) is 30.3 Å². The molecule has 12 nitrogen and oxygen atoms in total. The van der Waals surface area contributed by atoms with Crippen molar-refractivity contribution in [2.24, 2.45) is 0 Å². The van der Waals surface area contributed by atoms with E-state index in [9.17, 15) is 28.1 Å². The molecule has 2 aromatic carbocycles. The van der Waals surface area contributed by atoms with Gasteiger partial charge in [0.1, 0.15) is 24.7 Å². The van der Waals surface area contributed by atoms with Crippen LogP contribution in [0.3, 0.4) is 0 Å². The standard InChI is InChI=1S/C18H16ClN5O7S/c1-20-13-5-3-11(7-15(13)24(27)28)32(29,30)21-8-17(25)31-9-16-22-14-6-10(19)2-4-12(14)18(26)23-16/h2-7,20-21H,8-9H2,1H3,(H,22,23,26). The second-order valence-electron chi connectivity index (χ2n) is 6.35. The Morgan fingerprint density at radius 3 is 2.72 bits per heavy atom. The van der Waals surface area contributed by atoms with Crippen molar-refractivity contribution in [3.8, 4) is 0 Å². The van der Waals surface area contributed by atoms with E-state index >= 15 is 0 Å². The summed E-state index contributed by atoms with van der Waals surface area (Å²) in [4.78, 5) is 40.6. The molecule has 0 radical (unpaired) electrons. The van der Waals surface area contributed by atoms with Crippen molar-refractivity contribution in [3.05, 3.63) is 67.7 Å². The molecule has 0 aliphatic heterocycles. The fraction of sp³-hybridized carbons (Fsp3) is 0.167. The molecule has 14 heteroatoms. The summed E-state index contributed by atoms with van der Waals surface area (Å²) in [6.07, 6.45) is 0. The SMILES string of the molecule is CNc1ccc(S(=O)(=O)NCC(=O)OCc2nc3cc(Cl)ccc3c(=O)[nH]2)cc1[N+](=O)[O-]. The van der Waals surface area contributed by atoms with Gasteiger partial charge in [0.05, 0.1) is 20.7 Å². The van der Waals surface area contributed by atoms with E-state index in [2.05, 4.69) is 15.3 Å². The largest absolute Gasteiger partial charge is 0.457 e. The van der Waals surface area contributed by atoms with Gasteiger partial charge in [-0.25, -0.2) is 13.4 Å². The molecule has 3 rings (SSSR count). The van der Waals surface area contributed by atoms with Crippen LogP contribution >= 0.6 is 11.6 Å². The number of ether oxygens (including phenoxy) is 1. The maximum absolute atomic E-state index is 12.4.